The van der Waals surface area contributed by atoms with Crippen LogP contribution < -0.4 is 11.1 Å². The summed E-state index contributed by atoms with van der Waals surface area (Å²) in [5.41, 5.74) is 5.31. The summed E-state index contributed by atoms with van der Waals surface area (Å²) in [5, 5.41) is 6.91. The van der Waals surface area contributed by atoms with Crippen LogP contribution in [0.4, 0.5) is 5.82 Å². The number of aromatic nitrogens is 4. The molecule has 0 atom stereocenters. The Morgan fingerprint density at radius 3 is 2.88 bits per heavy atom. The lowest BCUT2D eigenvalue weighted by Gasteiger charge is -2.06. The molecule has 0 aromatic carbocycles. The highest BCUT2D eigenvalue weighted by Crippen LogP contribution is 2.24. The van der Waals surface area contributed by atoms with Crippen LogP contribution in [0.25, 0.3) is 5.82 Å². The lowest BCUT2D eigenvalue weighted by atomic mass is 10.4. The number of anilines is 1. The second-order valence-electron chi connectivity index (χ2n) is 3.12. The van der Waals surface area contributed by atoms with Gasteiger partial charge in [0.25, 0.3) is 5.91 Å². The minimum atomic E-state index is -0.581. The maximum absolute atomic E-state index is 10.9. The average Bonchev–Trinajstić information content (AvgIpc) is 2.78. The Balaban J connectivity index is 2.49. The van der Waals surface area contributed by atoms with Crippen molar-refractivity contribution in [3.05, 3.63) is 28.8 Å². The topological polar surface area (TPSA) is 98.7 Å². The first-order chi connectivity index (χ1) is 8.13. The fourth-order valence-corrected chi connectivity index (χ4v) is 1.85. The molecule has 0 saturated carbocycles. The molecule has 0 aliphatic carbocycles. The van der Waals surface area contributed by atoms with Crippen LogP contribution in [-0.4, -0.2) is 32.7 Å². The van der Waals surface area contributed by atoms with Crippen molar-refractivity contribution in [2.45, 2.75) is 0 Å². The monoisotopic (exact) mass is 296 g/mol. The molecular weight excluding hydrogens is 288 g/mol. The van der Waals surface area contributed by atoms with Crippen LogP contribution in [0.2, 0.25) is 0 Å². The third-order valence-electron chi connectivity index (χ3n) is 2.07. The van der Waals surface area contributed by atoms with Gasteiger partial charge in [0.2, 0.25) is 0 Å². The van der Waals surface area contributed by atoms with Crippen LogP contribution in [0.3, 0.4) is 0 Å². The summed E-state index contributed by atoms with van der Waals surface area (Å²) in [6.45, 7) is 0. The lowest BCUT2D eigenvalue weighted by Crippen LogP contribution is -2.12. The van der Waals surface area contributed by atoms with Gasteiger partial charge in [-0.2, -0.15) is 5.10 Å². The molecule has 0 aliphatic rings. The van der Waals surface area contributed by atoms with Crippen molar-refractivity contribution in [3.63, 3.8) is 0 Å². The van der Waals surface area contributed by atoms with Gasteiger partial charge in [-0.05, 0) is 22.0 Å². The molecule has 0 saturated heterocycles. The molecule has 2 aromatic heterocycles. The third-order valence-corrected chi connectivity index (χ3v) is 2.80. The van der Waals surface area contributed by atoms with E-state index in [-0.39, 0.29) is 5.69 Å². The van der Waals surface area contributed by atoms with Gasteiger partial charge in [-0.25, -0.2) is 14.6 Å². The SMILES string of the molecule is CNc1ncnc(-n2ccc(C(N)=O)n2)c1Br. The summed E-state index contributed by atoms with van der Waals surface area (Å²) in [5.74, 6) is 0.575. The van der Waals surface area contributed by atoms with Crippen LogP contribution in [0.1, 0.15) is 10.5 Å². The zero-order chi connectivity index (χ0) is 12.4. The van der Waals surface area contributed by atoms with Crippen molar-refractivity contribution in [3.8, 4) is 5.82 Å². The predicted octanol–water partition coefficient (Wildman–Crippen LogP) is 0.565. The largest absolute Gasteiger partial charge is 0.372 e. The van der Waals surface area contributed by atoms with Gasteiger partial charge in [0, 0.05) is 13.2 Å². The number of nitrogens with zero attached hydrogens (tertiary/aromatic N) is 4. The molecular formula is C9H9BrN6O. The number of hydrogen-bond donors (Lipinski definition) is 2. The Bertz CT molecular complexity index is 566. The number of halogens is 1. The minimum absolute atomic E-state index is 0.182. The molecule has 0 fully saturated rings. The molecule has 0 aliphatic heterocycles. The first kappa shape index (κ1) is 11.5. The summed E-state index contributed by atoms with van der Waals surface area (Å²) < 4.78 is 2.11. The molecule has 8 heteroatoms. The number of rotatable bonds is 3. The molecule has 2 rings (SSSR count). The lowest BCUT2D eigenvalue weighted by molar-refractivity contribution is 0.0995. The van der Waals surface area contributed by atoms with E-state index in [4.69, 9.17) is 5.73 Å². The van der Waals surface area contributed by atoms with Crippen LogP contribution in [0.5, 0.6) is 0 Å². The Hall–Kier alpha value is -1.96. The number of nitrogens with one attached hydrogen (secondary N) is 1. The smallest absolute Gasteiger partial charge is 0.269 e. The molecule has 0 bridgehead atoms. The van der Waals surface area contributed by atoms with E-state index in [2.05, 4.69) is 36.3 Å². The van der Waals surface area contributed by atoms with Crippen molar-refractivity contribution in [1.29, 1.82) is 0 Å². The summed E-state index contributed by atoms with van der Waals surface area (Å²) >= 11 is 3.36. The summed E-state index contributed by atoms with van der Waals surface area (Å²) in [4.78, 5) is 19.0. The molecule has 2 heterocycles. The number of carbonyl (C=O) groups excluding carboxylic acids is 1. The molecule has 17 heavy (non-hydrogen) atoms. The molecule has 0 radical (unpaired) electrons. The van der Waals surface area contributed by atoms with Crippen molar-refractivity contribution < 1.29 is 4.79 Å². The number of hydrogen-bond acceptors (Lipinski definition) is 5. The van der Waals surface area contributed by atoms with Gasteiger partial charge >= 0.3 is 0 Å². The Labute approximate surface area is 105 Å². The van der Waals surface area contributed by atoms with E-state index in [1.807, 2.05) is 0 Å². The van der Waals surface area contributed by atoms with E-state index >= 15 is 0 Å². The fourth-order valence-electron chi connectivity index (χ4n) is 1.27. The van der Waals surface area contributed by atoms with E-state index in [0.717, 1.165) is 0 Å². The van der Waals surface area contributed by atoms with Crippen molar-refractivity contribution in [2.24, 2.45) is 5.73 Å². The minimum Gasteiger partial charge on any atom is -0.372 e. The number of nitrogens with two attached hydrogens (primary N) is 1. The maximum Gasteiger partial charge on any atom is 0.269 e. The molecule has 88 valence electrons. The Morgan fingerprint density at radius 1 is 1.53 bits per heavy atom. The third kappa shape index (κ3) is 2.11. The second-order valence-corrected chi connectivity index (χ2v) is 3.91. The highest BCUT2D eigenvalue weighted by atomic mass is 79.9. The summed E-state index contributed by atoms with van der Waals surface area (Å²) in [6.07, 6.45) is 3.00. The van der Waals surface area contributed by atoms with Gasteiger partial charge in [-0.1, -0.05) is 0 Å². The second kappa shape index (κ2) is 4.50. The van der Waals surface area contributed by atoms with Gasteiger partial charge < -0.3 is 11.1 Å². The standard InChI is InChI=1S/C9H9BrN6O/c1-12-8-6(10)9(14-4-13-8)16-3-2-5(15-16)7(11)17/h2-4H,1H3,(H2,11,17)(H,12,13,14). The predicted molar refractivity (Wildman–Crippen MR) is 64.9 cm³/mol. The van der Waals surface area contributed by atoms with E-state index in [1.165, 1.54) is 17.1 Å². The number of amides is 1. The zero-order valence-corrected chi connectivity index (χ0v) is 10.5. The van der Waals surface area contributed by atoms with Gasteiger partial charge in [0.1, 0.15) is 22.3 Å². The Kier molecular flexibility index (Phi) is 3.05. The molecule has 0 unspecified atom stereocenters. The van der Waals surface area contributed by atoms with E-state index in [1.54, 1.807) is 13.2 Å². The molecule has 3 N–H and O–H groups in total. The van der Waals surface area contributed by atoms with Crippen LogP contribution in [0.15, 0.2) is 23.1 Å². The van der Waals surface area contributed by atoms with E-state index < -0.39 is 5.91 Å². The van der Waals surface area contributed by atoms with Crippen LogP contribution >= 0.6 is 15.9 Å². The van der Waals surface area contributed by atoms with Crippen molar-refractivity contribution in [1.82, 2.24) is 19.7 Å². The molecule has 7 nitrogen and oxygen atoms in total. The fraction of sp³-hybridized carbons (Fsp3) is 0.111. The quantitative estimate of drug-likeness (QED) is 0.862. The summed E-state index contributed by atoms with van der Waals surface area (Å²) in [7, 11) is 1.74. The number of carbonyl (C=O) groups is 1. The molecule has 2 aromatic rings. The average molecular weight is 297 g/mol. The molecule has 1 amide bonds. The maximum atomic E-state index is 10.9. The summed E-state index contributed by atoms with van der Waals surface area (Å²) in [6, 6.07) is 1.52. The van der Waals surface area contributed by atoms with Crippen molar-refractivity contribution >= 4 is 27.7 Å². The van der Waals surface area contributed by atoms with Gasteiger partial charge in [-0.15, -0.1) is 0 Å². The normalized spacial score (nSPS) is 10.2. The number of primary amides is 1. The Morgan fingerprint density at radius 2 is 2.29 bits per heavy atom. The van der Waals surface area contributed by atoms with Crippen LogP contribution in [0, 0.1) is 0 Å². The molecule has 0 spiro atoms. The van der Waals surface area contributed by atoms with Gasteiger partial charge in [-0.3, -0.25) is 4.79 Å². The van der Waals surface area contributed by atoms with Gasteiger partial charge in [0.15, 0.2) is 5.82 Å². The van der Waals surface area contributed by atoms with Crippen molar-refractivity contribution in [2.75, 3.05) is 12.4 Å². The highest BCUT2D eigenvalue weighted by molar-refractivity contribution is 9.10. The van der Waals surface area contributed by atoms with E-state index in [9.17, 15) is 4.79 Å². The van der Waals surface area contributed by atoms with E-state index in [0.29, 0.717) is 16.1 Å². The zero-order valence-electron chi connectivity index (χ0n) is 8.88. The highest BCUT2D eigenvalue weighted by Gasteiger charge is 2.12. The van der Waals surface area contributed by atoms with Crippen LogP contribution in [-0.2, 0) is 0 Å². The van der Waals surface area contributed by atoms with Gasteiger partial charge in [0.05, 0.1) is 0 Å². The first-order valence-electron chi connectivity index (χ1n) is 4.67. The first-order valence-corrected chi connectivity index (χ1v) is 5.47.